The Balaban J connectivity index is 1.63. The maximum Gasteiger partial charge on any atom is 0.335 e. The molecular formula is C25H23N3O2. The molecule has 2 heterocycles. The lowest BCUT2D eigenvalue weighted by atomic mass is 9.92. The molecule has 1 aliphatic carbocycles. The van der Waals surface area contributed by atoms with Crippen molar-refractivity contribution < 1.29 is 9.90 Å². The predicted molar refractivity (Wildman–Crippen MR) is 117 cm³/mol. The van der Waals surface area contributed by atoms with Gasteiger partial charge < -0.3 is 5.11 Å². The largest absolute Gasteiger partial charge is 0.478 e. The summed E-state index contributed by atoms with van der Waals surface area (Å²) in [5.41, 5.74) is 6.89. The monoisotopic (exact) mass is 397 g/mol. The van der Waals surface area contributed by atoms with Crippen molar-refractivity contribution in [2.45, 2.75) is 38.5 Å². The summed E-state index contributed by atoms with van der Waals surface area (Å²) in [5.74, 6) is -0.547. The number of carbonyl (C=O) groups is 1. The average Bonchev–Trinajstić information content (AvgIpc) is 3.43. The van der Waals surface area contributed by atoms with Crippen molar-refractivity contribution in [1.82, 2.24) is 14.5 Å². The lowest BCUT2D eigenvalue weighted by Gasteiger charge is -2.15. The molecule has 0 atom stereocenters. The summed E-state index contributed by atoms with van der Waals surface area (Å²) in [6.07, 6.45) is 8.18. The van der Waals surface area contributed by atoms with Crippen LogP contribution in [0.5, 0.6) is 0 Å². The van der Waals surface area contributed by atoms with Crippen LogP contribution in [0.25, 0.3) is 28.1 Å². The van der Waals surface area contributed by atoms with E-state index >= 15 is 0 Å². The minimum absolute atomic E-state index is 0.312. The van der Waals surface area contributed by atoms with E-state index in [0.29, 0.717) is 11.5 Å². The predicted octanol–water partition coefficient (Wildman–Crippen LogP) is 5.75. The maximum absolute atomic E-state index is 11.8. The van der Waals surface area contributed by atoms with Gasteiger partial charge in [-0.3, -0.25) is 9.55 Å². The molecule has 0 amide bonds. The molecule has 150 valence electrons. The second kappa shape index (κ2) is 7.41. The van der Waals surface area contributed by atoms with Gasteiger partial charge in [-0.25, -0.2) is 9.78 Å². The van der Waals surface area contributed by atoms with Crippen LogP contribution >= 0.6 is 0 Å². The topological polar surface area (TPSA) is 68.0 Å². The lowest BCUT2D eigenvalue weighted by molar-refractivity contribution is 0.0695. The van der Waals surface area contributed by atoms with Gasteiger partial charge in [0.25, 0.3) is 0 Å². The van der Waals surface area contributed by atoms with E-state index < -0.39 is 5.97 Å². The Morgan fingerprint density at radius 1 is 1.10 bits per heavy atom. The van der Waals surface area contributed by atoms with Crippen molar-refractivity contribution in [2.75, 3.05) is 0 Å². The van der Waals surface area contributed by atoms with E-state index in [4.69, 9.17) is 4.98 Å². The van der Waals surface area contributed by atoms with Gasteiger partial charge in [-0.05, 0) is 61.6 Å². The molecule has 0 unspecified atom stereocenters. The van der Waals surface area contributed by atoms with E-state index in [9.17, 15) is 9.90 Å². The van der Waals surface area contributed by atoms with Crippen molar-refractivity contribution in [3.8, 4) is 16.9 Å². The number of hydrogen-bond donors (Lipinski definition) is 1. The number of aromatic nitrogens is 3. The Morgan fingerprint density at radius 2 is 1.93 bits per heavy atom. The van der Waals surface area contributed by atoms with E-state index in [2.05, 4.69) is 24.0 Å². The normalized spacial score (nSPS) is 14.4. The molecule has 1 saturated carbocycles. The summed E-state index contributed by atoms with van der Waals surface area (Å²) >= 11 is 0. The first-order valence-electron chi connectivity index (χ1n) is 10.4. The summed E-state index contributed by atoms with van der Waals surface area (Å²) in [6, 6.07) is 15.8. The first-order valence-corrected chi connectivity index (χ1v) is 10.4. The average molecular weight is 397 g/mol. The third-order valence-electron chi connectivity index (χ3n) is 6.04. The van der Waals surface area contributed by atoms with Crippen LogP contribution in [0.1, 0.15) is 53.1 Å². The molecule has 2 aromatic carbocycles. The smallest absolute Gasteiger partial charge is 0.335 e. The third kappa shape index (κ3) is 3.26. The highest BCUT2D eigenvalue weighted by molar-refractivity contribution is 5.90. The van der Waals surface area contributed by atoms with Crippen LogP contribution in [-0.4, -0.2) is 25.6 Å². The highest BCUT2D eigenvalue weighted by atomic mass is 16.4. The Kier molecular flexibility index (Phi) is 4.58. The number of carboxylic acid groups (broad SMARTS) is 1. The molecule has 4 aromatic rings. The standard InChI is InChI=1S/C25H23N3O2/c1-16-5-4-8-18(13-16)23-15-26-22-11-12-28(24(22)27-23)19-9-10-20(25(29)30)21(14-19)17-6-2-3-7-17/h4-5,8-15,17H,2-3,6-7H2,1H3,(H,29,30). The van der Waals surface area contributed by atoms with E-state index in [0.717, 1.165) is 59.4 Å². The van der Waals surface area contributed by atoms with Gasteiger partial charge in [-0.2, -0.15) is 0 Å². The quantitative estimate of drug-likeness (QED) is 0.476. The van der Waals surface area contributed by atoms with E-state index in [1.807, 2.05) is 41.1 Å². The molecule has 30 heavy (non-hydrogen) atoms. The van der Waals surface area contributed by atoms with E-state index in [-0.39, 0.29) is 0 Å². The van der Waals surface area contributed by atoms with Gasteiger partial charge in [-0.15, -0.1) is 0 Å². The van der Waals surface area contributed by atoms with Crippen molar-refractivity contribution in [1.29, 1.82) is 0 Å². The second-order valence-corrected chi connectivity index (χ2v) is 8.08. The van der Waals surface area contributed by atoms with Gasteiger partial charge in [0.15, 0.2) is 5.65 Å². The Hall–Kier alpha value is -3.47. The molecule has 1 N–H and O–H groups in total. The van der Waals surface area contributed by atoms with Crippen molar-refractivity contribution >= 4 is 17.1 Å². The molecule has 0 bridgehead atoms. The summed E-state index contributed by atoms with van der Waals surface area (Å²) in [6.45, 7) is 2.06. The van der Waals surface area contributed by atoms with Crippen LogP contribution in [0.4, 0.5) is 0 Å². The van der Waals surface area contributed by atoms with Gasteiger partial charge >= 0.3 is 5.97 Å². The first-order chi connectivity index (χ1) is 14.6. The third-order valence-corrected chi connectivity index (χ3v) is 6.04. The van der Waals surface area contributed by atoms with Gasteiger partial charge in [0, 0.05) is 17.4 Å². The van der Waals surface area contributed by atoms with Crippen LogP contribution in [0.2, 0.25) is 0 Å². The van der Waals surface area contributed by atoms with Crippen LogP contribution in [0, 0.1) is 6.92 Å². The zero-order valence-corrected chi connectivity index (χ0v) is 16.9. The summed E-state index contributed by atoms with van der Waals surface area (Å²) in [7, 11) is 0. The summed E-state index contributed by atoms with van der Waals surface area (Å²) < 4.78 is 2.01. The molecule has 0 spiro atoms. The van der Waals surface area contributed by atoms with Crippen LogP contribution in [0.3, 0.4) is 0 Å². The van der Waals surface area contributed by atoms with Crippen LogP contribution < -0.4 is 0 Å². The number of nitrogens with zero attached hydrogens (tertiary/aromatic N) is 3. The van der Waals surface area contributed by atoms with Crippen molar-refractivity contribution in [3.05, 3.63) is 77.6 Å². The molecule has 2 aromatic heterocycles. The molecule has 1 aliphatic rings. The Labute approximate surface area is 175 Å². The summed E-state index contributed by atoms with van der Waals surface area (Å²) in [4.78, 5) is 21.3. The Bertz CT molecular complexity index is 1250. The number of fused-ring (bicyclic) bond motifs is 1. The maximum atomic E-state index is 11.8. The van der Waals surface area contributed by atoms with Crippen LogP contribution in [0.15, 0.2) is 60.9 Å². The number of carboxylic acids is 1. The van der Waals surface area contributed by atoms with Crippen molar-refractivity contribution in [3.63, 3.8) is 0 Å². The second-order valence-electron chi connectivity index (χ2n) is 8.08. The zero-order valence-electron chi connectivity index (χ0n) is 16.9. The number of aromatic carboxylic acids is 1. The van der Waals surface area contributed by atoms with Gasteiger partial charge in [0.2, 0.25) is 0 Å². The minimum atomic E-state index is -0.859. The number of hydrogen-bond acceptors (Lipinski definition) is 3. The fraction of sp³-hybridized carbons (Fsp3) is 0.240. The number of aryl methyl sites for hydroxylation is 1. The number of benzene rings is 2. The molecule has 5 nitrogen and oxygen atoms in total. The van der Waals surface area contributed by atoms with Gasteiger partial charge in [-0.1, -0.05) is 36.6 Å². The SMILES string of the molecule is Cc1cccc(-c2cnc3ccn(-c4ccc(C(=O)O)c(C5CCCC5)c4)c3n2)c1. The van der Waals surface area contributed by atoms with Gasteiger partial charge in [0.1, 0.15) is 5.52 Å². The highest BCUT2D eigenvalue weighted by Crippen LogP contribution is 2.37. The Morgan fingerprint density at radius 3 is 2.70 bits per heavy atom. The first kappa shape index (κ1) is 18.6. The van der Waals surface area contributed by atoms with E-state index in [1.54, 1.807) is 12.3 Å². The van der Waals surface area contributed by atoms with Crippen LogP contribution in [-0.2, 0) is 0 Å². The molecular weight excluding hydrogens is 374 g/mol. The fourth-order valence-corrected chi connectivity index (χ4v) is 4.52. The van der Waals surface area contributed by atoms with E-state index in [1.165, 1.54) is 5.56 Å². The molecule has 0 radical (unpaired) electrons. The zero-order chi connectivity index (χ0) is 20.7. The van der Waals surface area contributed by atoms with Gasteiger partial charge in [0.05, 0.1) is 17.5 Å². The van der Waals surface area contributed by atoms with Crippen molar-refractivity contribution in [2.24, 2.45) is 0 Å². The molecule has 5 heteroatoms. The lowest BCUT2D eigenvalue weighted by Crippen LogP contribution is -2.07. The molecule has 5 rings (SSSR count). The molecule has 0 aliphatic heterocycles. The molecule has 0 saturated heterocycles. The fourth-order valence-electron chi connectivity index (χ4n) is 4.52. The highest BCUT2D eigenvalue weighted by Gasteiger charge is 2.23. The summed E-state index contributed by atoms with van der Waals surface area (Å²) in [5, 5.41) is 9.67. The molecule has 1 fully saturated rings. The number of rotatable bonds is 4. The minimum Gasteiger partial charge on any atom is -0.478 e.